The number of rotatable bonds is 5. The Morgan fingerprint density at radius 2 is 2.29 bits per heavy atom. The molecule has 17 heavy (non-hydrogen) atoms. The quantitative estimate of drug-likeness (QED) is 0.664. The molecule has 0 radical (unpaired) electrons. The first-order valence-corrected chi connectivity index (χ1v) is 6.92. The second kappa shape index (κ2) is 6.05. The molecule has 1 aromatic carbocycles. The molecule has 0 amide bonds. The smallest absolute Gasteiger partial charge is 0.207 e. The molecular weight excluding hydrogens is 325 g/mol. The van der Waals surface area contributed by atoms with Crippen molar-refractivity contribution in [3.8, 4) is 5.69 Å². The molecular formula is C13H16IN3. The van der Waals surface area contributed by atoms with Crippen LogP contribution in [0, 0.1) is 3.57 Å². The van der Waals surface area contributed by atoms with E-state index in [0.29, 0.717) is 0 Å². The standard InChI is InChI=1S/C13H16IN3/c1-2-3-7-15-13-16-8-9-17(13)12-6-4-5-11(14)10-12/h4-6,8-10H,2-3,7H2,1H3,(H,15,16). The molecule has 0 bridgehead atoms. The SMILES string of the molecule is CCCCNc1nccn1-c1cccc(I)c1. The highest BCUT2D eigenvalue weighted by molar-refractivity contribution is 14.1. The fraction of sp³-hybridized carbons (Fsp3) is 0.308. The zero-order chi connectivity index (χ0) is 12.1. The minimum Gasteiger partial charge on any atom is -0.355 e. The maximum Gasteiger partial charge on any atom is 0.207 e. The maximum absolute atomic E-state index is 4.34. The number of imidazole rings is 1. The maximum atomic E-state index is 4.34. The number of anilines is 1. The van der Waals surface area contributed by atoms with Crippen LogP contribution in [0.25, 0.3) is 5.69 Å². The molecule has 0 saturated carbocycles. The first-order chi connectivity index (χ1) is 8.31. The first kappa shape index (κ1) is 12.4. The van der Waals surface area contributed by atoms with Crippen LogP contribution >= 0.6 is 22.6 Å². The van der Waals surface area contributed by atoms with Crippen LogP contribution in [0.4, 0.5) is 5.95 Å². The zero-order valence-electron chi connectivity index (χ0n) is 9.86. The third-order valence-corrected chi connectivity index (χ3v) is 3.21. The van der Waals surface area contributed by atoms with Gasteiger partial charge in [-0.1, -0.05) is 19.4 Å². The van der Waals surface area contributed by atoms with E-state index in [2.05, 4.69) is 68.6 Å². The van der Waals surface area contributed by atoms with Gasteiger partial charge in [0.25, 0.3) is 0 Å². The van der Waals surface area contributed by atoms with E-state index in [-0.39, 0.29) is 0 Å². The highest BCUT2D eigenvalue weighted by Crippen LogP contribution is 2.16. The number of nitrogens with zero attached hydrogens (tertiary/aromatic N) is 2. The van der Waals surface area contributed by atoms with Crippen LogP contribution < -0.4 is 5.32 Å². The highest BCUT2D eigenvalue weighted by Gasteiger charge is 2.03. The largest absolute Gasteiger partial charge is 0.355 e. The molecule has 0 aliphatic carbocycles. The number of unbranched alkanes of at least 4 members (excludes halogenated alkanes) is 1. The summed E-state index contributed by atoms with van der Waals surface area (Å²) in [5, 5.41) is 3.36. The third-order valence-electron chi connectivity index (χ3n) is 2.54. The van der Waals surface area contributed by atoms with Gasteiger partial charge in [-0.2, -0.15) is 0 Å². The Morgan fingerprint density at radius 1 is 1.41 bits per heavy atom. The summed E-state index contributed by atoms with van der Waals surface area (Å²) in [5.41, 5.74) is 1.15. The van der Waals surface area contributed by atoms with Gasteiger partial charge in [-0.15, -0.1) is 0 Å². The molecule has 0 atom stereocenters. The van der Waals surface area contributed by atoms with Crippen LogP contribution in [0.1, 0.15) is 19.8 Å². The fourth-order valence-corrected chi connectivity index (χ4v) is 2.17. The lowest BCUT2D eigenvalue weighted by molar-refractivity contribution is 0.823. The number of aromatic nitrogens is 2. The van der Waals surface area contributed by atoms with Crippen LogP contribution in [0.3, 0.4) is 0 Å². The fourth-order valence-electron chi connectivity index (χ4n) is 1.65. The summed E-state index contributed by atoms with van der Waals surface area (Å²) in [6.45, 7) is 3.16. The van der Waals surface area contributed by atoms with Gasteiger partial charge in [0.15, 0.2) is 0 Å². The summed E-state index contributed by atoms with van der Waals surface area (Å²) in [5.74, 6) is 0.917. The lowest BCUT2D eigenvalue weighted by Crippen LogP contribution is -2.07. The lowest BCUT2D eigenvalue weighted by atomic mass is 10.3. The van der Waals surface area contributed by atoms with Crippen molar-refractivity contribution in [1.82, 2.24) is 9.55 Å². The van der Waals surface area contributed by atoms with E-state index in [1.165, 1.54) is 16.4 Å². The van der Waals surface area contributed by atoms with E-state index in [1.54, 1.807) is 0 Å². The average molecular weight is 341 g/mol. The minimum absolute atomic E-state index is 0.917. The summed E-state index contributed by atoms with van der Waals surface area (Å²) < 4.78 is 3.31. The van der Waals surface area contributed by atoms with Gasteiger partial charge in [-0.25, -0.2) is 4.98 Å². The van der Waals surface area contributed by atoms with E-state index in [9.17, 15) is 0 Å². The van der Waals surface area contributed by atoms with Crippen molar-refractivity contribution < 1.29 is 0 Å². The molecule has 2 rings (SSSR count). The molecule has 90 valence electrons. The lowest BCUT2D eigenvalue weighted by Gasteiger charge is -2.09. The van der Waals surface area contributed by atoms with Crippen molar-refractivity contribution in [2.45, 2.75) is 19.8 Å². The van der Waals surface area contributed by atoms with E-state index in [4.69, 9.17) is 0 Å². The number of benzene rings is 1. The molecule has 1 aromatic heterocycles. The second-order valence-electron chi connectivity index (χ2n) is 3.88. The van der Waals surface area contributed by atoms with Gasteiger partial charge in [-0.3, -0.25) is 4.57 Å². The topological polar surface area (TPSA) is 29.9 Å². The van der Waals surface area contributed by atoms with Crippen molar-refractivity contribution in [2.24, 2.45) is 0 Å². The second-order valence-corrected chi connectivity index (χ2v) is 5.13. The summed E-state index contributed by atoms with van der Waals surface area (Å²) in [6, 6.07) is 8.39. The Morgan fingerprint density at radius 3 is 3.06 bits per heavy atom. The van der Waals surface area contributed by atoms with Gasteiger partial charge >= 0.3 is 0 Å². The Bertz CT molecular complexity index is 479. The van der Waals surface area contributed by atoms with Crippen molar-refractivity contribution in [3.63, 3.8) is 0 Å². The molecule has 0 unspecified atom stereocenters. The molecule has 2 aromatic rings. The van der Waals surface area contributed by atoms with Crippen LogP contribution in [0.15, 0.2) is 36.7 Å². The van der Waals surface area contributed by atoms with Crippen molar-refractivity contribution >= 4 is 28.5 Å². The van der Waals surface area contributed by atoms with Crippen LogP contribution in [0.2, 0.25) is 0 Å². The van der Waals surface area contributed by atoms with Crippen LogP contribution in [0.5, 0.6) is 0 Å². The van der Waals surface area contributed by atoms with E-state index in [1.807, 2.05) is 12.4 Å². The number of halogens is 1. The molecule has 4 heteroatoms. The summed E-state index contributed by atoms with van der Waals surface area (Å²) in [7, 11) is 0. The highest BCUT2D eigenvalue weighted by atomic mass is 127. The summed E-state index contributed by atoms with van der Waals surface area (Å²) in [4.78, 5) is 4.34. The van der Waals surface area contributed by atoms with Gasteiger partial charge in [0.05, 0.1) is 0 Å². The number of nitrogens with one attached hydrogen (secondary N) is 1. The molecule has 0 saturated heterocycles. The predicted molar refractivity (Wildman–Crippen MR) is 79.7 cm³/mol. The number of hydrogen-bond donors (Lipinski definition) is 1. The van der Waals surface area contributed by atoms with Gasteiger partial charge in [0, 0.05) is 28.2 Å². The molecule has 1 N–H and O–H groups in total. The first-order valence-electron chi connectivity index (χ1n) is 5.84. The predicted octanol–water partition coefficient (Wildman–Crippen LogP) is 3.69. The van der Waals surface area contributed by atoms with Gasteiger partial charge in [-0.05, 0) is 47.2 Å². The Balaban J connectivity index is 2.18. The van der Waals surface area contributed by atoms with E-state index < -0.39 is 0 Å². The van der Waals surface area contributed by atoms with Crippen molar-refractivity contribution in [2.75, 3.05) is 11.9 Å². The monoisotopic (exact) mass is 341 g/mol. The van der Waals surface area contributed by atoms with E-state index in [0.717, 1.165) is 18.2 Å². The van der Waals surface area contributed by atoms with Crippen molar-refractivity contribution in [1.29, 1.82) is 0 Å². The number of hydrogen-bond acceptors (Lipinski definition) is 2. The Hall–Kier alpha value is -1.04. The third kappa shape index (κ3) is 3.21. The molecule has 0 aliphatic rings. The molecule has 0 spiro atoms. The Labute approximate surface area is 115 Å². The van der Waals surface area contributed by atoms with Crippen LogP contribution in [-0.2, 0) is 0 Å². The molecule has 3 nitrogen and oxygen atoms in total. The summed E-state index contributed by atoms with van der Waals surface area (Å²) >= 11 is 2.32. The molecule has 0 aliphatic heterocycles. The molecule has 0 fully saturated rings. The van der Waals surface area contributed by atoms with Crippen molar-refractivity contribution in [3.05, 3.63) is 40.2 Å². The minimum atomic E-state index is 0.917. The van der Waals surface area contributed by atoms with Gasteiger partial charge in [0.1, 0.15) is 0 Å². The molecule has 1 heterocycles. The average Bonchev–Trinajstić information content (AvgIpc) is 2.78. The van der Waals surface area contributed by atoms with Crippen LogP contribution in [-0.4, -0.2) is 16.1 Å². The zero-order valence-corrected chi connectivity index (χ0v) is 12.0. The Kier molecular flexibility index (Phi) is 4.42. The van der Waals surface area contributed by atoms with E-state index >= 15 is 0 Å². The van der Waals surface area contributed by atoms with Gasteiger partial charge < -0.3 is 5.32 Å². The van der Waals surface area contributed by atoms with Gasteiger partial charge in [0.2, 0.25) is 5.95 Å². The summed E-state index contributed by atoms with van der Waals surface area (Å²) in [6.07, 6.45) is 6.17. The normalized spacial score (nSPS) is 10.5.